The Morgan fingerprint density at radius 1 is 0.935 bits per heavy atom. The first kappa shape index (κ1) is 18.8. The second kappa shape index (κ2) is 7.92. The molecule has 0 bridgehead atoms. The zero-order valence-electron chi connectivity index (χ0n) is 16.0. The molecule has 8 nitrogen and oxygen atoms in total. The van der Waals surface area contributed by atoms with Gasteiger partial charge in [0.15, 0.2) is 11.5 Å². The number of hydrogen-bond acceptors (Lipinski definition) is 6. The SMILES string of the molecule is O=C(Nc1cccc(-c2ccc3nnc(-c4cccnc4)n3n2)c1)c1ccc(Cl)nc1. The summed E-state index contributed by atoms with van der Waals surface area (Å²) in [7, 11) is 0. The third kappa shape index (κ3) is 3.84. The Kier molecular flexibility index (Phi) is 4.81. The van der Waals surface area contributed by atoms with E-state index in [9.17, 15) is 4.79 Å². The number of aromatic nitrogens is 6. The van der Waals surface area contributed by atoms with Crippen LogP contribution in [-0.2, 0) is 0 Å². The van der Waals surface area contributed by atoms with Crippen LogP contribution in [0.3, 0.4) is 0 Å². The van der Waals surface area contributed by atoms with Crippen molar-refractivity contribution in [3.63, 3.8) is 0 Å². The fourth-order valence-corrected chi connectivity index (χ4v) is 3.20. The van der Waals surface area contributed by atoms with Crippen LogP contribution in [0.4, 0.5) is 5.69 Å². The molecule has 5 aromatic rings. The summed E-state index contributed by atoms with van der Waals surface area (Å²) in [4.78, 5) is 20.6. The van der Waals surface area contributed by atoms with E-state index in [-0.39, 0.29) is 5.91 Å². The average molecular weight is 428 g/mol. The van der Waals surface area contributed by atoms with E-state index in [1.165, 1.54) is 6.20 Å². The number of anilines is 1. The van der Waals surface area contributed by atoms with Crippen LogP contribution in [0.25, 0.3) is 28.3 Å². The third-order valence-corrected chi connectivity index (χ3v) is 4.81. The van der Waals surface area contributed by atoms with Crippen LogP contribution in [0.1, 0.15) is 10.4 Å². The molecule has 4 heterocycles. The third-order valence-electron chi connectivity index (χ3n) is 4.59. The maximum atomic E-state index is 12.5. The van der Waals surface area contributed by atoms with Gasteiger partial charge in [0, 0.05) is 35.4 Å². The predicted molar refractivity (Wildman–Crippen MR) is 117 cm³/mol. The van der Waals surface area contributed by atoms with Gasteiger partial charge in [-0.25, -0.2) is 4.98 Å². The number of nitrogens with zero attached hydrogens (tertiary/aromatic N) is 6. The molecule has 5 rings (SSSR count). The van der Waals surface area contributed by atoms with Crippen LogP contribution in [0.2, 0.25) is 5.15 Å². The van der Waals surface area contributed by atoms with Gasteiger partial charge >= 0.3 is 0 Å². The Morgan fingerprint density at radius 3 is 2.65 bits per heavy atom. The molecule has 4 aromatic heterocycles. The number of hydrogen-bond donors (Lipinski definition) is 1. The summed E-state index contributed by atoms with van der Waals surface area (Å²) >= 11 is 5.78. The Balaban J connectivity index is 1.46. The van der Waals surface area contributed by atoms with Crippen molar-refractivity contribution in [2.75, 3.05) is 5.32 Å². The van der Waals surface area contributed by atoms with Gasteiger partial charge in [-0.15, -0.1) is 10.2 Å². The zero-order valence-corrected chi connectivity index (χ0v) is 16.7. The maximum Gasteiger partial charge on any atom is 0.257 e. The molecule has 0 spiro atoms. The lowest BCUT2D eigenvalue weighted by Crippen LogP contribution is -2.12. The lowest BCUT2D eigenvalue weighted by Gasteiger charge is -2.08. The van der Waals surface area contributed by atoms with Crippen LogP contribution < -0.4 is 5.32 Å². The molecule has 0 aliphatic carbocycles. The normalized spacial score (nSPS) is 10.9. The molecule has 31 heavy (non-hydrogen) atoms. The Bertz CT molecular complexity index is 1380. The lowest BCUT2D eigenvalue weighted by atomic mass is 10.1. The molecule has 0 saturated heterocycles. The molecule has 0 radical (unpaired) electrons. The molecule has 0 aliphatic heterocycles. The number of halogens is 1. The van der Waals surface area contributed by atoms with Crippen molar-refractivity contribution in [1.29, 1.82) is 0 Å². The fraction of sp³-hybridized carbons (Fsp3) is 0. The molecule has 1 amide bonds. The minimum Gasteiger partial charge on any atom is -0.322 e. The quantitative estimate of drug-likeness (QED) is 0.432. The Morgan fingerprint density at radius 2 is 1.84 bits per heavy atom. The maximum absolute atomic E-state index is 12.5. The van der Waals surface area contributed by atoms with E-state index in [2.05, 4.69) is 25.5 Å². The van der Waals surface area contributed by atoms with Crippen molar-refractivity contribution >= 4 is 28.8 Å². The number of pyridine rings is 2. The molecular formula is C22H14ClN7O. The van der Waals surface area contributed by atoms with Gasteiger partial charge in [-0.05, 0) is 48.5 Å². The van der Waals surface area contributed by atoms with Gasteiger partial charge < -0.3 is 5.32 Å². The lowest BCUT2D eigenvalue weighted by molar-refractivity contribution is 0.102. The minimum atomic E-state index is -0.276. The standard InChI is InChI=1S/C22H14ClN7O/c23-19-8-6-16(13-25-19)22(31)26-17-5-1-3-14(11-17)18-7-9-20-27-28-21(30(20)29-18)15-4-2-10-24-12-15/h1-13H,(H,26,31). The predicted octanol–water partition coefficient (Wildman–Crippen LogP) is 4.15. The number of benzene rings is 1. The monoisotopic (exact) mass is 427 g/mol. The van der Waals surface area contributed by atoms with Crippen molar-refractivity contribution in [1.82, 2.24) is 29.8 Å². The summed E-state index contributed by atoms with van der Waals surface area (Å²) in [5.41, 5.74) is 4.04. The molecular weight excluding hydrogens is 414 g/mol. The fourth-order valence-electron chi connectivity index (χ4n) is 3.09. The van der Waals surface area contributed by atoms with Crippen molar-refractivity contribution in [3.8, 4) is 22.6 Å². The molecule has 0 saturated carbocycles. The molecule has 9 heteroatoms. The molecule has 0 aliphatic rings. The van der Waals surface area contributed by atoms with Gasteiger partial charge in [0.1, 0.15) is 5.15 Å². The summed E-state index contributed by atoms with van der Waals surface area (Å²) in [6.07, 6.45) is 4.85. The first-order valence-electron chi connectivity index (χ1n) is 9.33. The van der Waals surface area contributed by atoms with Crippen LogP contribution in [0.5, 0.6) is 0 Å². The van der Waals surface area contributed by atoms with Gasteiger partial charge in [0.25, 0.3) is 5.91 Å². The molecule has 0 fully saturated rings. The highest BCUT2D eigenvalue weighted by atomic mass is 35.5. The van der Waals surface area contributed by atoms with E-state index < -0.39 is 0 Å². The highest BCUT2D eigenvalue weighted by Crippen LogP contribution is 2.23. The number of rotatable bonds is 4. The van der Waals surface area contributed by atoms with E-state index in [4.69, 9.17) is 16.7 Å². The highest BCUT2D eigenvalue weighted by Gasteiger charge is 2.12. The summed E-state index contributed by atoms with van der Waals surface area (Å²) in [6.45, 7) is 0. The van der Waals surface area contributed by atoms with Crippen molar-refractivity contribution in [2.24, 2.45) is 0 Å². The number of carbonyl (C=O) groups is 1. The number of amides is 1. The zero-order chi connectivity index (χ0) is 21.2. The average Bonchev–Trinajstić information content (AvgIpc) is 3.23. The largest absolute Gasteiger partial charge is 0.322 e. The molecule has 0 unspecified atom stereocenters. The molecule has 1 N–H and O–H groups in total. The summed E-state index contributed by atoms with van der Waals surface area (Å²) in [5, 5.41) is 16.3. The van der Waals surface area contributed by atoms with Gasteiger partial charge in [0.05, 0.1) is 11.3 Å². The van der Waals surface area contributed by atoms with E-state index in [1.54, 1.807) is 29.0 Å². The van der Waals surface area contributed by atoms with Crippen LogP contribution in [0.15, 0.2) is 79.3 Å². The first-order valence-corrected chi connectivity index (χ1v) is 9.71. The molecule has 1 aromatic carbocycles. The highest BCUT2D eigenvalue weighted by molar-refractivity contribution is 6.29. The number of carbonyl (C=O) groups excluding carboxylic acids is 1. The second-order valence-electron chi connectivity index (χ2n) is 6.66. The number of fused-ring (bicyclic) bond motifs is 1. The first-order chi connectivity index (χ1) is 15.2. The summed E-state index contributed by atoms with van der Waals surface area (Å²) in [6, 6.07) is 18.1. The topological polar surface area (TPSA) is 98.0 Å². The second-order valence-corrected chi connectivity index (χ2v) is 7.05. The van der Waals surface area contributed by atoms with Gasteiger partial charge in [-0.1, -0.05) is 23.7 Å². The van der Waals surface area contributed by atoms with Crippen molar-refractivity contribution < 1.29 is 4.79 Å². The van der Waals surface area contributed by atoms with Crippen LogP contribution >= 0.6 is 11.6 Å². The molecule has 0 atom stereocenters. The van der Waals surface area contributed by atoms with Crippen molar-refractivity contribution in [2.45, 2.75) is 0 Å². The Hall–Kier alpha value is -4.17. The number of nitrogens with one attached hydrogen (secondary N) is 1. The van der Waals surface area contributed by atoms with Gasteiger partial charge in [-0.2, -0.15) is 9.61 Å². The van der Waals surface area contributed by atoms with E-state index >= 15 is 0 Å². The Labute approximate surface area is 181 Å². The van der Waals surface area contributed by atoms with Gasteiger partial charge in [0.2, 0.25) is 0 Å². The van der Waals surface area contributed by atoms with Crippen molar-refractivity contribution in [3.05, 3.63) is 90.0 Å². The van der Waals surface area contributed by atoms with Crippen LogP contribution in [-0.4, -0.2) is 35.7 Å². The summed E-state index contributed by atoms with van der Waals surface area (Å²) in [5.74, 6) is 0.326. The van der Waals surface area contributed by atoms with Gasteiger partial charge in [-0.3, -0.25) is 9.78 Å². The smallest absolute Gasteiger partial charge is 0.257 e. The minimum absolute atomic E-state index is 0.276. The van der Waals surface area contributed by atoms with E-state index in [0.29, 0.717) is 33.6 Å². The van der Waals surface area contributed by atoms with E-state index in [1.807, 2.05) is 48.5 Å². The van der Waals surface area contributed by atoms with Crippen LogP contribution in [0, 0.1) is 0 Å². The molecule has 150 valence electrons. The van der Waals surface area contributed by atoms with E-state index in [0.717, 1.165) is 11.1 Å². The summed E-state index contributed by atoms with van der Waals surface area (Å²) < 4.78 is 1.68.